The average Bonchev–Trinajstić information content (AvgIpc) is 2.72. The number of H-pyrrole nitrogens is 1. The number of aromatic nitrogens is 2. The zero-order valence-corrected chi connectivity index (χ0v) is 13.2. The van der Waals surface area contributed by atoms with Crippen LogP contribution in [0.1, 0.15) is 49.9 Å². The van der Waals surface area contributed by atoms with E-state index in [-0.39, 0.29) is 0 Å². The maximum Gasteiger partial charge on any atom is 0.189 e. The summed E-state index contributed by atoms with van der Waals surface area (Å²) in [4.78, 5) is 12.3. The van der Waals surface area contributed by atoms with Gasteiger partial charge in [0.05, 0.1) is 11.0 Å². The SMILES string of the molecule is Cc1ccc2nc(CN=C(N)NC3CCCCCC3)[nH]c2c1. The van der Waals surface area contributed by atoms with Crippen LogP contribution in [-0.4, -0.2) is 22.0 Å². The number of fused-ring (bicyclic) bond motifs is 1. The highest BCUT2D eigenvalue weighted by Crippen LogP contribution is 2.17. The molecule has 0 saturated heterocycles. The molecule has 0 aliphatic heterocycles. The monoisotopic (exact) mass is 299 g/mol. The first-order valence-corrected chi connectivity index (χ1v) is 8.22. The van der Waals surface area contributed by atoms with Gasteiger partial charge in [0.15, 0.2) is 5.96 Å². The van der Waals surface area contributed by atoms with Gasteiger partial charge >= 0.3 is 0 Å². The molecule has 0 atom stereocenters. The molecule has 5 nitrogen and oxygen atoms in total. The van der Waals surface area contributed by atoms with Gasteiger partial charge in [-0.1, -0.05) is 31.7 Å². The molecule has 1 heterocycles. The molecule has 118 valence electrons. The fourth-order valence-corrected chi connectivity index (χ4v) is 3.09. The van der Waals surface area contributed by atoms with E-state index < -0.39 is 0 Å². The van der Waals surface area contributed by atoms with E-state index in [1.807, 2.05) is 6.07 Å². The first-order valence-electron chi connectivity index (χ1n) is 8.22. The van der Waals surface area contributed by atoms with Crippen molar-refractivity contribution in [3.63, 3.8) is 0 Å². The maximum atomic E-state index is 6.02. The molecule has 1 aromatic heterocycles. The Labute approximate surface area is 131 Å². The summed E-state index contributed by atoms with van der Waals surface area (Å²) >= 11 is 0. The van der Waals surface area contributed by atoms with Crippen LogP contribution in [0.2, 0.25) is 0 Å². The van der Waals surface area contributed by atoms with Gasteiger partial charge in [0, 0.05) is 6.04 Å². The molecular formula is C17H25N5. The Balaban J connectivity index is 1.61. The Morgan fingerprint density at radius 2 is 2.09 bits per heavy atom. The number of nitrogens with two attached hydrogens (primary N) is 1. The molecule has 1 saturated carbocycles. The number of rotatable bonds is 3. The maximum absolute atomic E-state index is 6.02. The van der Waals surface area contributed by atoms with Crippen LogP contribution in [0.25, 0.3) is 11.0 Å². The predicted octanol–water partition coefficient (Wildman–Crippen LogP) is 3.00. The summed E-state index contributed by atoms with van der Waals surface area (Å²) in [5.74, 6) is 1.38. The van der Waals surface area contributed by atoms with Gasteiger partial charge in [0.1, 0.15) is 12.4 Å². The minimum absolute atomic E-state index is 0.476. The van der Waals surface area contributed by atoms with Gasteiger partial charge in [-0.15, -0.1) is 0 Å². The van der Waals surface area contributed by atoms with E-state index >= 15 is 0 Å². The molecule has 22 heavy (non-hydrogen) atoms. The standard InChI is InChI=1S/C17H25N5/c1-12-8-9-14-15(10-12)22-16(21-14)11-19-17(18)20-13-6-4-2-3-5-7-13/h8-10,13H,2-7,11H2,1H3,(H,21,22)(H3,18,19,20). The van der Waals surface area contributed by atoms with Crippen LogP contribution in [0, 0.1) is 6.92 Å². The second-order valence-electron chi connectivity index (χ2n) is 6.24. The fraction of sp³-hybridized carbons (Fsp3) is 0.529. The van der Waals surface area contributed by atoms with E-state index in [1.165, 1.54) is 44.1 Å². The third kappa shape index (κ3) is 3.78. The van der Waals surface area contributed by atoms with Gasteiger partial charge in [-0.25, -0.2) is 9.98 Å². The molecule has 1 aliphatic rings. The van der Waals surface area contributed by atoms with E-state index in [9.17, 15) is 0 Å². The molecule has 1 aliphatic carbocycles. The second kappa shape index (κ2) is 6.81. The number of nitrogens with zero attached hydrogens (tertiary/aromatic N) is 2. The number of hydrogen-bond donors (Lipinski definition) is 3. The smallest absolute Gasteiger partial charge is 0.189 e. The Hall–Kier alpha value is -2.04. The predicted molar refractivity (Wildman–Crippen MR) is 90.8 cm³/mol. The minimum Gasteiger partial charge on any atom is -0.370 e. The summed E-state index contributed by atoms with van der Waals surface area (Å²) in [5.41, 5.74) is 9.28. The highest BCUT2D eigenvalue weighted by molar-refractivity contribution is 5.78. The second-order valence-corrected chi connectivity index (χ2v) is 6.24. The highest BCUT2D eigenvalue weighted by atomic mass is 15.1. The quantitative estimate of drug-likeness (QED) is 0.463. The third-order valence-corrected chi connectivity index (χ3v) is 4.29. The molecule has 3 rings (SSSR count). The molecule has 0 spiro atoms. The van der Waals surface area contributed by atoms with Crippen molar-refractivity contribution in [1.29, 1.82) is 0 Å². The molecule has 0 bridgehead atoms. The zero-order chi connectivity index (χ0) is 15.4. The molecule has 0 unspecified atom stereocenters. The number of guanidine groups is 1. The number of aliphatic imine (C=N–C) groups is 1. The van der Waals surface area contributed by atoms with Crippen molar-refractivity contribution in [2.75, 3.05) is 0 Å². The van der Waals surface area contributed by atoms with Crippen LogP contribution in [0.15, 0.2) is 23.2 Å². The Bertz CT molecular complexity index is 650. The lowest BCUT2D eigenvalue weighted by molar-refractivity contribution is 0.530. The van der Waals surface area contributed by atoms with Gasteiger partial charge < -0.3 is 16.0 Å². The number of aryl methyl sites for hydroxylation is 1. The first-order chi connectivity index (χ1) is 10.7. The van der Waals surface area contributed by atoms with Crippen molar-refractivity contribution in [2.45, 2.75) is 58.0 Å². The van der Waals surface area contributed by atoms with Crippen LogP contribution < -0.4 is 11.1 Å². The summed E-state index contributed by atoms with van der Waals surface area (Å²) in [5, 5.41) is 3.36. The largest absolute Gasteiger partial charge is 0.370 e. The first kappa shape index (κ1) is 14.9. The van der Waals surface area contributed by atoms with Crippen molar-refractivity contribution >= 4 is 17.0 Å². The Morgan fingerprint density at radius 3 is 2.86 bits per heavy atom. The molecule has 1 aromatic carbocycles. The number of aromatic amines is 1. The summed E-state index contributed by atoms with van der Waals surface area (Å²) in [6.45, 7) is 2.56. The molecule has 0 amide bonds. The average molecular weight is 299 g/mol. The molecule has 2 aromatic rings. The van der Waals surface area contributed by atoms with E-state index in [1.54, 1.807) is 0 Å². The highest BCUT2D eigenvalue weighted by Gasteiger charge is 2.12. The molecule has 4 N–H and O–H groups in total. The van der Waals surface area contributed by atoms with Gasteiger partial charge in [0.2, 0.25) is 0 Å². The Kier molecular flexibility index (Phi) is 4.61. The van der Waals surface area contributed by atoms with Crippen LogP contribution in [-0.2, 0) is 6.54 Å². The summed E-state index contributed by atoms with van der Waals surface area (Å²) in [6, 6.07) is 6.67. The summed E-state index contributed by atoms with van der Waals surface area (Å²) in [7, 11) is 0. The van der Waals surface area contributed by atoms with Crippen molar-refractivity contribution in [1.82, 2.24) is 15.3 Å². The third-order valence-electron chi connectivity index (χ3n) is 4.29. The molecule has 1 fully saturated rings. The number of benzene rings is 1. The summed E-state index contributed by atoms with van der Waals surface area (Å²) in [6.07, 6.45) is 7.64. The van der Waals surface area contributed by atoms with E-state index in [2.05, 4.69) is 39.3 Å². The van der Waals surface area contributed by atoms with Crippen LogP contribution >= 0.6 is 0 Å². The lowest BCUT2D eigenvalue weighted by atomic mass is 10.1. The van der Waals surface area contributed by atoms with Crippen molar-refractivity contribution in [3.05, 3.63) is 29.6 Å². The van der Waals surface area contributed by atoms with Crippen LogP contribution in [0.5, 0.6) is 0 Å². The molecule has 5 heteroatoms. The van der Waals surface area contributed by atoms with Crippen LogP contribution in [0.3, 0.4) is 0 Å². The Morgan fingerprint density at radius 1 is 1.32 bits per heavy atom. The topological polar surface area (TPSA) is 79.1 Å². The van der Waals surface area contributed by atoms with E-state index in [4.69, 9.17) is 5.73 Å². The summed E-state index contributed by atoms with van der Waals surface area (Å²) < 4.78 is 0. The number of hydrogen-bond acceptors (Lipinski definition) is 2. The van der Waals surface area contributed by atoms with Gasteiger partial charge in [0.25, 0.3) is 0 Å². The molecule has 0 radical (unpaired) electrons. The number of nitrogens with one attached hydrogen (secondary N) is 2. The van der Waals surface area contributed by atoms with Gasteiger partial charge in [-0.05, 0) is 37.5 Å². The lowest BCUT2D eigenvalue weighted by Gasteiger charge is -2.16. The fourth-order valence-electron chi connectivity index (χ4n) is 3.09. The zero-order valence-electron chi connectivity index (χ0n) is 13.2. The van der Waals surface area contributed by atoms with Gasteiger partial charge in [-0.2, -0.15) is 0 Å². The normalized spacial score (nSPS) is 17.6. The number of imidazole rings is 1. The minimum atomic E-state index is 0.476. The van der Waals surface area contributed by atoms with Crippen molar-refractivity contribution in [2.24, 2.45) is 10.7 Å². The lowest BCUT2D eigenvalue weighted by Crippen LogP contribution is -2.39. The van der Waals surface area contributed by atoms with Crippen molar-refractivity contribution < 1.29 is 0 Å². The van der Waals surface area contributed by atoms with Crippen LogP contribution in [0.4, 0.5) is 0 Å². The molecular weight excluding hydrogens is 274 g/mol. The van der Waals surface area contributed by atoms with E-state index in [0.717, 1.165) is 16.9 Å². The van der Waals surface area contributed by atoms with E-state index in [0.29, 0.717) is 18.5 Å². The van der Waals surface area contributed by atoms with Crippen molar-refractivity contribution in [3.8, 4) is 0 Å². The van der Waals surface area contributed by atoms with Gasteiger partial charge in [-0.3, -0.25) is 0 Å².